The van der Waals surface area contributed by atoms with Crippen LogP contribution in [0.1, 0.15) is 39.1 Å². The number of halogens is 2. The Kier molecular flexibility index (Phi) is 5.92. The molecule has 1 aromatic carbocycles. The van der Waals surface area contributed by atoms with E-state index >= 15 is 0 Å². The number of thiophene rings is 1. The number of rotatable bonds is 6. The lowest BCUT2D eigenvalue weighted by atomic mass is 9.92. The molecule has 1 fully saturated rings. The molecule has 0 radical (unpaired) electrons. The third kappa shape index (κ3) is 3.85. The van der Waals surface area contributed by atoms with Crippen molar-refractivity contribution in [3.05, 3.63) is 79.2 Å². The fourth-order valence-electron chi connectivity index (χ4n) is 4.03. The molecule has 1 atom stereocenters. The standard InChI is InChI=1S/C23H21Cl2N3O3S/c1-13-9-17(14(2)27(13)11-16-5-4-8-32-16)20(29)12-28-21(30)23(3,26-22(28)31)18-7-6-15(24)10-19(18)25/h4-10H,11-12H2,1-3H3,(H,26,31)/t23-/m0/s1. The van der Waals surface area contributed by atoms with E-state index in [-0.39, 0.29) is 17.4 Å². The van der Waals surface area contributed by atoms with E-state index < -0.39 is 17.5 Å². The molecule has 3 aromatic rings. The van der Waals surface area contributed by atoms with Gasteiger partial charge in [-0.25, -0.2) is 4.79 Å². The Hall–Kier alpha value is -2.61. The molecule has 3 amide bonds. The lowest BCUT2D eigenvalue weighted by Gasteiger charge is -2.23. The zero-order valence-corrected chi connectivity index (χ0v) is 20.1. The van der Waals surface area contributed by atoms with E-state index in [4.69, 9.17) is 23.2 Å². The molecule has 9 heteroatoms. The molecule has 0 unspecified atom stereocenters. The summed E-state index contributed by atoms with van der Waals surface area (Å²) in [4.78, 5) is 41.1. The van der Waals surface area contributed by atoms with Gasteiger partial charge in [0.2, 0.25) is 0 Å². The smallest absolute Gasteiger partial charge is 0.325 e. The number of hydrogen-bond donors (Lipinski definition) is 1. The highest BCUT2D eigenvalue weighted by molar-refractivity contribution is 7.09. The first kappa shape index (κ1) is 22.6. The summed E-state index contributed by atoms with van der Waals surface area (Å²) in [6, 6.07) is 9.92. The Labute approximate surface area is 199 Å². The number of carbonyl (C=O) groups excluding carboxylic acids is 3. The fourth-order valence-corrected chi connectivity index (χ4v) is 5.32. The number of urea groups is 1. The number of nitrogens with one attached hydrogen (secondary N) is 1. The van der Waals surface area contributed by atoms with Crippen LogP contribution in [0, 0.1) is 13.8 Å². The van der Waals surface area contributed by atoms with Gasteiger partial charge in [-0.1, -0.05) is 35.3 Å². The Bertz CT molecular complexity index is 1240. The number of carbonyl (C=O) groups is 3. The fraction of sp³-hybridized carbons (Fsp3) is 0.261. The zero-order chi connectivity index (χ0) is 23.2. The van der Waals surface area contributed by atoms with E-state index in [1.54, 1.807) is 36.5 Å². The second-order valence-electron chi connectivity index (χ2n) is 7.94. The van der Waals surface area contributed by atoms with Gasteiger partial charge in [0.15, 0.2) is 5.78 Å². The third-order valence-electron chi connectivity index (χ3n) is 5.81. The number of aromatic nitrogens is 1. The lowest BCUT2D eigenvalue weighted by molar-refractivity contribution is -0.130. The number of aryl methyl sites for hydroxylation is 1. The van der Waals surface area contributed by atoms with Crippen LogP contribution in [0.3, 0.4) is 0 Å². The summed E-state index contributed by atoms with van der Waals surface area (Å²) >= 11 is 13.9. The number of amides is 3. The van der Waals surface area contributed by atoms with Gasteiger partial charge in [0.25, 0.3) is 5.91 Å². The molecule has 0 aliphatic carbocycles. The van der Waals surface area contributed by atoms with Crippen molar-refractivity contribution in [3.63, 3.8) is 0 Å². The van der Waals surface area contributed by atoms with Crippen LogP contribution < -0.4 is 5.32 Å². The maximum atomic E-state index is 13.2. The van der Waals surface area contributed by atoms with E-state index in [0.29, 0.717) is 22.7 Å². The van der Waals surface area contributed by atoms with Crippen LogP contribution in [0.25, 0.3) is 0 Å². The van der Waals surface area contributed by atoms with Gasteiger partial charge in [-0.2, -0.15) is 0 Å². The van der Waals surface area contributed by atoms with Gasteiger partial charge in [-0.15, -0.1) is 11.3 Å². The van der Waals surface area contributed by atoms with Crippen molar-refractivity contribution in [1.82, 2.24) is 14.8 Å². The van der Waals surface area contributed by atoms with Gasteiger partial charge in [0.05, 0.1) is 13.1 Å². The van der Waals surface area contributed by atoms with E-state index in [1.165, 1.54) is 10.9 Å². The molecular formula is C23H21Cl2N3O3S. The quantitative estimate of drug-likeness (QED) is 0.383. The van der Waals surface area contributed by atoms with Crippen molar-refractivity contribution in [3.8, 4) is 0 Å². The SMILES string of the molecule is Cc1cc(C(=O)CN2C(=O)N[C@@](C)(c3ccc(Cl)cc3Cl)C2=O)c(C)n1Cc1cccs1. The van der Waals surface area contributed by atoms with E-state index in [2.05, 4.69) is 9.88 Å². The van der Waals surface area contributed by atoms with Crippen molar-refractivity contribution in [2.45, 2.75) is 32.9 Å². The van der Waals surface area contributed by atoms with Gasteiger partial charge in [-0.3, -0.25) is 14.5 Å². The maximum absolute atomic E-state index is 13.2. The first-order valence-electron chi connectivity index (χ1n) is 9.93. The molecule has 1 aliphatic rings. The van der Waals surface area contributed by atoms with Gasteiger partial charge in [0.1, 0.15) is 5.54 Å². The van der Waals surface area contributed by atoms with Crippen LogP contribution in [0.15, 0.2) is 41.8 Å². The molecule has 3 heterocycles. The van der Waals surface area contributed by atoms with Crippen LogP contribution in [-0.4, -0.2) is 33.7 Å². The van der Waals surface area contributed by atoms with Crippen molar-refractivity contribution < 1.29 is 14.4 Å². The molecule has 0 saturated carbocycles. The minimum atomic E-state index is -1.38. The Morgan fingerprint density at radius 1 is 1.16 bits per heavy atom. The number of hydrogen-bond acceptors (Lipinski definition) is 4. The summed E-state index contributed by atoms with van der Waals surface area (Å²) in [7, 11) is 0. The number of imide groups is 1. The summed E-state index contributed by atoms with van der Waals surface area (Å²) < 4.78 is 2.06. The van der Waals surface area contributed by atoms with Crippen LogP contribution >= 0.6 is 34.5 Å². The number of benzene rings is 1. The van der Waals surface area contributed by atoms with Crippen molar-refractivity contribution in [2.75, 3.05) is 6.54 Å². The molecule has 32 heavy (non-hydrogen) atoms. The van der Waals surface area contributed by atoms with Crippen LogP contribution in [-0.2, 0) is 16.9 Å². The number of nitrogens with zero attached hydrogens (tertiary/aromatic N) is 2. The normalized spacial score (nSPS) is 18.3. The highest BCUT2D eigenvalue weighted by Gasteiger charge is 2.50. The first-order chi connectivity index (χ1) is 15.1. The molecular weight excluding hydrogens is 469 g/mol. The van der Waals surface area contributed by atoms with Gasteiger partial charge in [0, 0.05) is 37.4 Å². The summed E-state index contributed by atoms with van der Waals surface area (Å²) in [5.74, 6) is -0.835. The summed E-state index contributed by atoms with van der Waals surface area (Å²) in [5, 5.41) is 5.37. The average molecular weight is 490 g/mol. The van der Waals surface area contributed by atoms with Gasteiger partial charge < -0.3 is 9.88 Å². The van der Waals surface area contributed by atoms with E-state index in [1.807, 2.05) is 31.4 Å². The number of ketones is 1. The Balaban J connectivity index is 1.57. The van der Waals surface area contributed by atoms with E-state index in [0.717, 1.165) is 16.3 Å². The zero-order valence-electron chi connectivity index (χ0n) is 17.7. The maximum Gasteiger partial charge on any atom is 0.325 e. The molecule has 2 aromatic heterocycles. The molecule has 1 aliphatic heterocycles. The number of Topliss-reactive ketones (excluding diaryl/α,β-unsaturated/α-hetero) is 1. The average Bonchev–Trinajstić information content (AvgIpc) is 3.39. The Morgan fingerprint density at radius 3 is 2.56 bits per heavy atom. The second kappa shape index (κ2) is 8.39. The largest absolute Gasteiger partial charge is 0.343 e. The van der Waals surface area contributed by atoms with E-state index in [9.17, 15) is 14.4 Å². The minimum Gasteiger partial charge on any atom is -0.343 e. The lowest BCUT2D eigenvalue weighted by Crippen LogP contribution is -2.41. The molecule has 166 valence electrons. The topological polar surface area (TPSA) is 71.4 Å². The summed E-state index contributed by atoms with van der Waals surface area (Å²) in [6.45, 7) is 5.69. The van der Waals surface area contributed by atoms with Gasteiger partial charge in [-0.05, 0) is 50.4 Å². The highest BCUT2D eigenvalue weighted by atomic mass is 35.5. The predicted molar refractivity (Wildman–Crippen MR) is 126 cm³/mol. The molecule has 0 bridgehead atoms. The van der Waals surface area contributed by atoms with Crippen molar-refractivity contribution in [2.24, 2.45) is 0 Å². The van der Waals surface area contributed by atoms with Crippen LogP contribution in [0.4, 0.5) is 4.79 Å². The third-order valence-corrected chi connectivity index (χ3v) is 7.22. The summed E-state index contributed by atoms with van der Waals surface area (Å²) in [6.07, 6.45) is 0. The first-order valence-corrected chi connectivity index (χ1v) is 11.6. The molecule has 1 N–H and O–H groups in total. The summed E-state index contributed by atoms with van der Waals surface area (Å²) in [5.41, 5.74) is 1.28. The van der Waals surface area contributed by atoms with Crippen LogP contribution in [0.5, 0.6) is 0 Å². The molecule has 1 saturated heterocycles. The van der Waals surface area contributed by atoms with Crippen molar-refractivity contribution >= 4 is 52.3 Å². The predicted octanol–water partition coefficient (Wildman–Crippen LogP) is 5.17. The Morgan fingerprint density at radius 2 is 1.91 bits per heavy atom. The monoisotopic (exact) mass is 489 g/mol. The van der Waals surface area contributed by atoms with Gasteiger partial charge >= 0.3 is 6.03 Å². The molecule has 4 rings (SSSR count). The highest BCUT2D eigenvalue weighted by Crippen LogP contribution is 2.35. The molecule has 0 spiro atoms. The second-order valence-corrected chi connectivity index (χ2v) is 9.82. The van der Waals surface area contributed by atoms with Crippen molar-refractivity contribution in [1.29, 1.82) is 0 Å². The minimum absolute atomic E-state index is 0.263. The van der Waals surface area contributed by atoms with Crippen LogP contribution in [0.2, 0.25) is 10.0 Å². The molecule has 6 nitrogen and oxygen atoms in total.